The Morgan fingerprint density at radius 2 is 1.08 bits per heavy atom. The number of nitrogens with zero attached hydrogens (tertiary/aromatic N) is 1. The van der Waals surface area contributed by atoms with Gasteiger partial charge in [-0.2, -0.15) is 0 Å². The van der Waals surface area contributed by atoms with Crippen molar-refractivity contribution in [3.8, 4) is 0 Å². The second kappa shape index (κ2) is 39.3. The fraction of sp³-hybridized carbons (Fsp3) is 0.667. The van der Waals surface area contributed by atoms with Crippen molar-refractivity contribution >= 4 is 19.8 Å². The number of hydrogen-bond donors (Lipinski definition) is 1. The SMILES string of the molecule is CCCCCCCC/C=C\C/C=C\C/C=C\CCCC(=O)O[C@H](COC(=O)CCC/C=C\C/C=C\C/C=C\C/C=C\CC(O)CCC)COP(=O)([O-])OCC[N+](C)(C)C. The number of rotatable bonds is 39. The van der Waals surface area contributed by atoms with Crippen molar-refractivity contribution in [2.24, 2.45) is 0 Å². The number of unbranched alkanes of at least 4 members (excludes halogenated alkanes) is 8. The molecule has 0 radical (unpaired) electrons. The summed E-state index contributed by atoms with van der Waals surface area (Å²) < 4.78 is 33.7. The van der Waals surface area contributed by atoms with Crippen LogP contribution in [-0.4, -0.2) is 81.2 Å². The molecule has 0 saturated heterocycles. The Labute approximate surface area is 359 Å². The average Bonchev–Trinajstić information content (AvgIpc) is 3.18. The van der Waals surface area contributed by atoms with E-state index in [1.807, 2.05) is 39.4 Å². The van der Waals surface area contributed by atoms with E-state index >= 15 is 0 Å². The summed E-state index contributed by atoms with van der Waals surface area (Å²) in [5, 5.41) is 9.73. The topological polar surface area (TPSA) is 131 Å². The minimum Gasteiger partial charge on any atom is -0.756 e. The third-order valence-corrected chi connectivity index (χ3v) is 9.91. The Morgan fingerprint density at radius 1 is 0.610 bits per heavy atom. The summed E-state index contributed by atoms with van der Waals surface area (Å²) in [6, 6.07) is 0. The number of allylic oxidation sites excluding steroid dienone is 13. The van der Waals surface area contributed by atoms with E-state index in [0.29, 0.717) is 43.1 Å². The minimum absolute atomic E-state index is 0.0591. The number of phosphoric ester groups is 1. The van der Waals surface area contributed by atoms with E-state index in [2.05, 4.69) is 80.7 Å². The fourth-order valence-electron chi connectivity index (χ4n) is 5.44. The smallest absolute Gasteiger partial charge is 0.306 e. The lowest BCUT2D eigenvalue weighted by Gasteiger charge is -2.28. The van der Waals surface area contributed by atoms with Gasteiger partial charge in [0.2, 0.25) is 0 Å². The summed E-state index contributed by atoms with van der Waals surface area (Å²) in [7, 11) is 1.07. The van der Waals surface area contributed by atoms with Crippen LogP contribution < -0.4 is 4.89 Å². The third kappa shape index (κ3) is 43.1. The second-order valence-corrected chi connectivity index (χ2v) is 17.3. The van der Waals surface area contributed by atoms with Crippen LogP contribution in [0.2, 0.25) is 0 Å². The van der Waals surface area contributed by atoms with Crippen molar-refractivity contribution in [2.75, 3.05) is 47.5 Å². The van der Waals surface area contributed by atoms with Gasteiger partial charge in [-0.1, -0.05) is 137 Å². The number of aliphatic hydroxyl groups excluding tert-OH is 1. The molecule has 0 rings (SSSR count). The molecule has 0 amide bonds. The number of hydrogen-bond acceptors (Lipinski definition) is 9. The highest BCUT2D eigenvalue weighted by Crippen LogP contribution is 2.38. The van der Waals surface area contributed by atoms with Crippen molar-refractivity contribution in [3.63, 3.8) is 0 Å². The van der Waals surface area contributed by atoms with Crippen LogP contribution in [0.1, 0.15) is 149 Å². The van der Waals surface area contributed by atoms with Crippen LogP contribution in [0.3, 0.4) is 0 Å². The van der Waals surface area contributed by atoms with Crippen LogP contribution in [0.15, 0.2) is 85.1 Å². The summed E-state index contributed by atoms with van der Waals surface area (Å²) >= 11 is 0. The molecule has 0 aliphatic rings. The predicted molar refractivity (Wildman–Crippen MR) is 242 cm³/mol. The van der Waals surface area contributed by atoms with Gasteiger partial charge in [0, 0.05) is 12.8 Å². The van der Waals surface area contributed by atoms with Gasteiger partial charge in [-0.25, -0.2) is 0 Å². The Balaban J connectivity index is 4.57. The lowest BCUT2D eigenvalue weighted by Crippen LogP contribution is -2.37. The lowest BCUT2D eigenvalue weighted by atomic mass is 10.1. The van der Waals surface area contributed by atoms with Crippen molar-refractivity contribution < 1.29 is 47.2 Å². The molecular weight excluding hydrogens is 766 g/mol. The van der Waals surface area contributed by atoms with Crippen LogP contribution in [0.4, 0.5) is 0 Å². The Morgan fingerprint density at radius 3 is 1.61 bits per heavy atom. The number of aliphatic hydroxyl groups is 1. The van der Waals surface area contributed by atoms with E-state index < -0.39 is 32.5 Å². The third-order valence-electron chi connectivity index (χ3n) is 8.94. The van der Waals surface area contributed by atoms with Gasteiger partial charge in [0.1, 0.15) is 19.8 Å². The van der Waals surface area contributed by atoms with Crippen LogP contribution in [0, 0.1) is 0 Å². The molecule has 0 aromatic heterocycles. The van der Waals surface area contributed by atoms with E-state index in [1.54, 1.807) is 0 Å². The van der Waals surface area contributed by atoms with E-state index in [1.165, 1.54) is 38.5 Å². The molecule has 0 aliphatic heterocycles. The maximum atomic E-state index is 12.7. The quantitative estimate of drug-likeness (QED) is 0.0211. The standard InChI is InChI=1S/C48H82NO9P/c1-6-8-9-10-11-12-13-14-15-16-17-20-24-27-30-33-36-40-48(52)58-46(44-57-59(53,54)56-42-41-49(3,4)5)43-55-47(51)39-35-32-29-26-23-21-18-19-22-25-28-31-34-38-45(50)37-7-2/h14-15,17-18,20-22,25-27,29-31,34,45-46,50H,6-13,16,19,23-24,28,32-33,35-44H2,1-5H3/b15-14-,20-17-,21-18-,25-22-,29-26-,30-27-,34-31-/t45?,46-/m1/s1. The first-order chi connectivity index (χ1) is 28.4. The Hall–Kier alpha value is -2.85. The molecule has 1 N–H and O–H groups in total. The van der Waals surface area contributed by atoms with Crippen LogP contribution in [0.5, 0.6) is 0 Å². The maximum absolute atomic E-state index is 12.7. The first kappa shape index (κ1) is 56.1. The maximum Gasteiger partial charge on any atom is 0.306 e. The van der Waals surface area contributed by atoms with Crippen LogP contribution >= 0.6 is 7.82 Å². The molecule has 10 nitrogen and oxygen atoms in total. The number of phosphoric acid groups is 1. The van der Waals surface area contributed by atoms with E-state index in [0.717, 1.165) is 51.4 Å². The number of likely N-dealkylation sites (N-methyl/N-ethyl adjacent to an activating group) is 1. The van der Waals surface area contributed by atoms with Crippen molar-refractivity contribution in [1.29, 1.82) is 0 Å². The van der Waals surface area contributed by atoms with Crippen LogP contribution in [0.25, 0.3) is 0 Å². The molecule has 0 heterocycles. The van der Waals surface area contributed by atoms with Crippen LogP contribution in [-0.2, 0) is 32.7 Å². The first-order valence-corrected chi connectivity index (χ1v) is 23.8. The molecular formula is C48H82NO9P. The van der Waals surface area contributed by atoms with E-state index in [-0.39, 0.29) is 32.2 Å². The van der Waals surface area contributed by atoms with Gasteiger partial charge < -0.3 is 33.0 Å². The highest BCUT2D eigenvalue weighted by Gasteiger charge is 2.21. The molecule has 2 unspecified atom stereocenters. The minimum atomic E-state index is -4.66. The van der Waals surface area contributed by atoms with E-state index in [4.69, 9.17) is 18.5 Å². The molecule has 0 aliphatic carbocycles. The molecule has 59 heavy (non-hydrogen) atoms. The highest BCUT2D eigenvalue weighted by molar-refractivity contribution is 7.45. The van der Waals surface area contributed by atoms with Gasteiger partial charge in [-0.15, -0.1) is 0 Å². The number of esters is 2. The van der Waals surface area contributed by atoms with Crippen molar-refractivity contribution in [1.82, 2.24) is 0 Å². The molecule has 0 fully saturated rings. The summed E-state index contributed by atoms with van der Waals surface area (Å²) in [6.45, 7) is 3.86. The number of quaternary nitrogens is 1. The van der Waals surface area contributed by atoms with E-state index in [9.17, 15) is 24.2 Å². The molecule has 11 heteroatoms. The lowest BCUT2D eigenvalue weighted by molar-refractivity contribution is -0.870. The van der Waals surface area contributed by atoms with Gasteiger partial charge in [-0.05, 0) is 83.5 Å². The molecule has 0 aromatic rings. The second-order valence-electron chi connectivity index (χ2n) is 15.9. The van der Waals surface area contributed by atoms with Crippen molar-refractivity contribution in [2.45, 2.75) is 161 Å². The monoisotopic (exact) mass is 848 g/mol. The number of carbonyl (C=O) groups is 2. The zero-order chi connectivity index (χ0) is 43.7. The molecule has 0 aromatic carbocycles. The Bertz CT molecular complexity index is 1300. The van der Waals surface area contributed by atoms with Gasteiger partial charge in [0.05, 0.1) is 33.9 Å². The zero-order valence-electron chi connectivity index (χ0n) is 37.5. The van der Waals surface area contributed by atoms with Gasteiger partial charge in [0.15, 0.2) is 6.10 Å². The predicted octanol–water partition coefficient (Wildman–Crippen LogP) is 11.1. The molecule has 0 spiro atoms. The first-order valence-electron chi connectivity index (χ1n) is 22.4. The number of carbonyl (C=O) groups excluding carboxylic acids is 2. The normalized spacial score (nSPS) is 14.9. The van der Waals surface area contributed by atoms with Gasteiger partial charge >= 0.3 is 11.9 Å². The fourth-order valence-corrected chi connectivity index (χ4v) is 6.17. The summed E-state index contributed by atoms with van der Waals surface area (Å²) in [4.78, 5) is 37.5. The van der Waals surface area contributed by atoms with Crippen molar-refractivity contribution in [3.05, 3.63) is 85.1 Å². The number of ether oxygens (including phenoxy) is 2. The Kier molecular flexibility index (Phi) is 37.4. The molecule has 0 saturated carbocycles. The summed E-state index contributed by atoms with van der Waals surface area (Å²) in [5.41, 5.74) is 0. The largest absolute Gasteiger partial charge is 0.756 e. The highest BCUT2D eigenvalue weighted by atomic mass is 31.2. The van der Waals surface area contributed by atoms with Gasteiger partial charge in [-0.3, -0.25) is 14.2 Å². The summed E-state index contributed by atoms with van der Waals surface area (Å²) in [5.74, 6) is -0.990. The molecule has 0 bridgehead atoms. The summed E-state index contributed by atoms with van der Waals surface area (Å²) in [6.07, 6.45) is 46.9. The van der Waals surface area contributed by atoms with Gasteiger partial charge in [0.25, 0.3) is 7.82 Å². The zero-order valence-corrected chi connectivity index (χ0v) is 38.4. The molecule has 3 atom stereocenters. The average molecular weight is 848 g/mol. The molecule has 338 valence electrons.